The minimum absolute atomic E-state index is 0.0288. The summed E-state index contributed by atoms with van der Waals surface area (Å²) in [5.41, 5.74) is 2.63. The maximum absolute atomic E-state index is 12.5. The number of ether oxygens (including phenoxy) is 1. The number of hydrogen-bond acceptors (Lipinski definition) is 2. The topological polar surface area (TPSA) is 26.3 Å². The van der Waals surface area contributed by atoms with Crippen molar-refractivity contribution < 1.29 is 9.53 Å². The fourth-order valence-corrected chi connectivity index (χ4v) is 2.77. The Balaban J connectivity index is 2.22. The lowest BCUT2D eigenvalue weighted by Gasteiger charge is -2.12. The highest BCUT2D eigenvalue weighted by Crippen LogP contribution is 2.27. The Hall–Kier alpha value is -1.88. The number of Topliss-reactive ketones (excluding diaryl/α,β-unsaturated/α-hetero) is 1. The molecule has 0 aliphatic carbocycles. The molecule has 0 saturated carbocycles. The van der Waals surface area contributed by atoms with Crippen molar-refractivity contribution in [3.63, 3.8) is 0 Å². The zero-order valence-corrected chi connectivity index (χ0v) is 14.5. The molecule has 0 aromatic heterocycles. The van der Waals surface area contributed by atoms with E-state index in [0.717, 1.165) is 11.1 Å². The van der Waals surface area contributed by atoms with Crippen molar-refractivity contribution in [1.29, 1.82) is 0 Å². The van der Waals surface area contributed by atoms with Crippen molar-refractivity contribution in [3.05, 3.63) is 87.7 Å². The van der Waals surface area contributed by atoms with Crippen molar-refractivity contribution in [3.8, 4) is 0 Å². The summed E-state index contributed by atoms with van der Waals surface area (Å²) >= 11 is 2.05. The lowest BCUT2D eigenvalue weighted by molar-refractivity contribution is 0.103. The number of hydrogen-bond donors (Lipinski definition) is 0. The average Bonchev–Trinajstić information content (AvgIpc) is 2.59. The Morgan fingerprint density at radius 2 is 1.50 bits per heavy atom. The third-order valence-corrected chi connectivity index (χ3v) is 4.37. The van der Waals surface area contributed by atoms with Gasteiger partial charge in [0.25, 0.3) is 0 Å². The van der Waals surface area contributed by atoms with E-state index in [2.05, 4.69) is 6.58 Å². The van der Waals surface area contributed by atoms with Gasteiger partial charge < -0.3 is 4.74 Å². The summed E-state index contributed by atoms with van der Waals surface area (Å²) < 4.78 is 6.02. The van der Waals surface area contributed by atoms with E-state index in [1.807, 2.05) is 71.1 Å². The molecule has 0 heterocycles. The lowest BCUT2D eigenvalue weighted by atomic mass is 10.0. The first-order valence-electron chi connectivity index (χ1n) is 6.89. The highest BCUT2D eigenvalue weighted by atomic mass is 127. The van der Waals surface area contributed by atoms with Gasteiger partial charge in [0.1, 0.15) is 5.76 Å². The monoisotopic (exact) mass is 404 g/mol. The van der Waals surface area contributed by atoms with E-state index in [4.69, 9.17) is 4.74 Å². The molecule has 0 aliphatic rings. The molecule has 22 heavy (non-hydrogen) atoms. The summed E-state index contributed by atoms with van der Waals surface area (Å²) in [4.78, 5) is 12.5. The third kappa shape index (κ3) is 4.07. The summed E-state index contributed by atoms with van der Waals surface area (Å²) in [5, 5.41) is 0. The molecule has 0 fully saturated rings. The Bertz CT molecular complexity index is 688. The second kappa shape index (κ2) is 7.94. The van der Waals surface area contributed by atoms with Crippen LogP contribution in [0.5, 0.6) is 0 Å². The Kier molecular flexibility index (Phi) is 5.95. The van der Waals surface area contributed by atoms with Crippen LogP contribution in [0.3, 0.4) is 0 Å². The van der Waals surface area contributed by atoms with E-state index < -0.39 is 0 Å². The number of benzene rings is 2. The first-order valence-corrected chi connectivity index (χ1v) is 7.97. The van der Waals surface area contributed by atoms with E-state index in [-0.39, 0.29) is 5.78 Å². The Labute approximate surface area is 144 Å². The van der Waals surface area contributed by atoms with Crippen LogP contribution in [-0.2, 0) is 4.74 Å². The van der Waals surface area contributed by atoms with Crippen LogP contribution >= 0.6 is 22.6 Å². The minimum Gasteiger partial charge on any atom is -0.499 e. The molecule has 0 unspecified atom stereocenters. The molecule has 2 nitrogen and oxygen atoms in total. The first-order chi connectivity index (χ1) is 10.6. The van der Waals surface area contributed by atoms with Crippen molar-refractivity contribution >= 4 is 33.9 Å². The molecule has 0 N–H and O–H groups in total. The SMILES string of the molecule is C=C(C/C(OC)=C(/I)C(=O)c1ccccc1)c1ccccc1. The van der Waals surface area contributed by atoms with Crippen LogP contribution in [0.1, 0.15) is 22.3 Å². The molecule has 0 spiro atoms. The number of carbonyl (C=O) groups excluding carboxylic acids is 1. The highest BCUT2D eigenvalue weighted by Gasteiger charge is 2.16. The second-order valence-corrected chi connectivity index (χ2v) is 5.86. The predicted molar refractivity (Wildman–Crippen MR) is 98.9 cm³/mol. The normalized spacial score (nSPS) is 11.5. The fraction of sp³-hybridized carbons (Fsp3) is 0.105. The van der Waals surface area contributed by atoms with Gasteiger partial charge in [0.05, 0.1) is 10.7 Å². The van der Waals surface area contributed by atoms with Gasteiger partial charge in [-0.1, -0.05) is 67.2 Å². The standard InChI is InChI=1S/C19H17IO2/c1-14(15-9-5-3-6-10-15)13-17(22-2)18(20)19(21)16-11-7-4-8-12-16/h3-12H,1,13H2,2H3/b18-17-. The molecule has 0 saturated heterocycles. The summed E-state index contributed by atoms with van der Waals surface area (Å²) in [5.74, 6) is 0.613. The van der Waals surface area contributed by atoms with E-state index >= 15 is 0 Å². The molecule has 0 amide bonds. The maximum atomic E-state index is 12.5. The molecule has 0 aliphatic heterocycles. The van der Waals surface area contributed by atoms with Gasteiger partial charge in [0.15, 0.2) is 0 Å². The van der Waals surface area contributed by atoms with Gasteiger partial charge in [0.2, 0.25) is 5.78 Å². The number of rotatable bonds is 6. The molecular formula is C19H17IO2. The van der Waals surface area contributed by atoms with Crippen molar-refractivity contribution in [2.24, 2.45) is 0 Å². The van der Waals surface area contributed by atoms with Gasteiger partial charge in [-0.25, -0.2) is 0 Å². The zero-order valence-electron chi connectivity index (χ0n) is 12.4. The molecule has 3 heteroatoms. The highest BCUT2D eigenvalue weighted by molar-refractivity contribution is 14.1. The summed E-state index contributed by atoms with van der Waals surface area (Å²) in [6, 6.07) is 19.1. The second-order valence-electron chi connectivity index (χ2n) is 4.78. The zero-order chi connectivity index (χ0) is 15.9. The molecule has 2 rings (SSSR count). The van der Waals surface area contributed by atoms with E-state index in [9.17, 15) is 4.79 Å². The van der Waals surface area contributed by atoms with Crippen LogP contribution in [0.4, 0.5) is 0 Å². The van der Waals surface area contributed by atoms with Gasteiger partial charge >= 0.3 is 0 Å². The third-order valence-electron chi connectivity index (χ3n) is 3.28. The van der Waals surface area contributed by atoms with Gasteiger partial charge in [-0.15, -0.1) is 0 Å². The van der Waals surface area contributed by atoms with Gasteiger partial charge in [-0.3, -0.25) is 4.79 Å². The average molecular weight is 404 g/mol. The van der Waals surface area contributed by atoms with Crippen molar-refractivity contribution in [2.45, 2.75) is 6.42 Å². The van der Waals surface area contributed by atoms with Crippen LogP contribution < -0.4 is 0 Å². The van der Waals surface area contributed by atoms with Crippen LogP contribution in [0.2, 0.25) is 0 Å². The lowest BCUT2D eigenvalue weighted by Crippen LogP contribution is -2.03. The quantitative estimate of drug-likeness (QED) is 0.284. The van der Waals surface area contributed by atoms with E-state index in [0.29, 0.717) is 21.3 Å². The molecule has 112 valence electrons. The largest absolute Gasteiger partial charge is 0.499 e. The van der Waals surface area contributed by atoms with Crippen LogP contribution in [0.25, 0.3) is 5.57 Å². The maximum Gasteiger partial charge on any atom is 0.202 e. The number of methoxy groups -OCH3 is 1. The van der Waals surface area contributed by atoms with Crippen molar-refractivity contribution in [2.75, 3.05) is 7.11 Å². The Morgan fingerprint density at radius 1 is 1.00 bits per heavy atom. The molecule has 2 aromatic rings. The summed E-state index contributed by atoms with van der Waals surface area (Å²) in [6.45, 7) is 4.10. The molecule has 2 aromatic carbocycles. The van der Waals surface area contributed by atoms with Gasteiger partial charge in [-0.2, -0.15) is 0 Å². The summed E-state index contributed by atoms with van der Waals surface area (Å²) in [6.07, 6.45) is 0.511. The van der Waals surface area contributed by atoms with Crippen LogP contribution in [0.15, 0.2) is 76.6 Å². The fourth-order valence-electron chi connectivity index (χ4n) is 2.05. The van der Waals surface area contributed by atoms with Crippen molar-refractivity contribution in [1.82, 2.24) is 0 Å². The number of ketones is 1. The minimum atomic E-state index is -0.0288. The number of carbonyl (C=O) groups is 1. The number of allylic oxidation sites excluding steroid dienone is 2. The van der Waals surface area contributed by atoms with E-state index in [1.165, 1.54) is 0 Å². The Morgan fingerprint density at radius 3 is 2.00 bits per heavy atom. The van der Waals surface area contributed by atoms with Gasteiger partial charge in [-0.05, 0) is 33.7 Å². The smallest absolute Gasteiger partial charge is 0.202 e. The molecule has 0 radical (unpaired) electrons. The number of halogens is 1. The molecular weight excluding hydrogens is 387 g/mol. The predicted octanol–water partition coefficient (Wildman–Crippen LogP) is 5.27. The van der Waals surface area contributed by atoms with Gasteiger partial charge in [0, 0.05) is 12.0 Å². The van der Waals surface area contributed by atoms with Crippen LogP contribution in [0, 0.1) is 0 Å². The summed E-state index contributed by atoms with van der Waals surface area (Å²) in [7, 11) is 1.59. The molecule has 0 atom stereocenters. The van der Waals surface area contributed by atoms with Crippen LogP contribution in [-0.4, -0.2) is 12.9 Å². The molecule has 0 bridgehead atoms. The van der Waals surface area contributed by atoms with E-state index in [1.54, 1.807) is 19.2 Å². The first kappa shape index (κ1) is 16.5.